The number of fused-ring (bicyclic) bond motifs is 2. The van der Waals surface area contributed by atoms with Gasteiger partial charge in [-0.2, -0.15) is 40.0 Å². The van der Waals surface area contributed by atoms with E-state index < -0.39 is 23.9 Å². The quantitative estimate of drug-likeness (QED) is 0.00655. The zero-order valence-corrected chi connectivity index (χ0v) is 60.0. The van der Waals surface area contributed by atoms with E-state index in [1.54, 1.807) is 48.8 Å². The van der Waals surface area contributed by atoms with Gasteiger partial charge in [0.15, 0.2) is 23.0 Å². The van der Waals surface area contributed by atoms with Crippen LogP contribution in [0.25, 0.3) is 32.7 Å². The average molecular weight is 1460 g/mol. The third-order valence-electron chi connectivity index (χ3n) is 16.6. The first kappa shape index (κ1) is 78.0. The molecule has 0 fully saturated rings. The second kappa shape index (κ2) is 42.4. The molecule has 10 aromatic carbocycles. The van der Waals surface area contributed by atoms with E-state index in [-0.39, 0.29) is 49.1 Å². The summed E-state index contributed by atoms with van der Waals surface area (Å²) in [6, 6.07) is 63.6. The van der Waals surface area contributed by atoms with E-state index in [1.807, 2.05) is 170 Å². The lowest BCUT2D eigenvalue weighted by Gasteiger charge is -2.18. The number of benzene rings is 10. The van der Waals surface area contributed by atoms with E-state index in [2.05, 4.69) is 33.6 Å². The molecule has 554 valence electrons. The number of methoxy groups -OCH3 is 2. The maximum absolute atomic E-state index is 12.8. The van der Waals surface area contributed by atoms with Crippen molar-refractivity contribution in [2.75, 3.05) is 40.6 Å². The van der Waals surface area contributed by atoms with Crippen molar-refractivity contribution in [1.82, 2.24) is 0 Å². The highest BCUT2D eigenvalue weighted by atomic mass is 17.2. The third-order valence-corrected chi connectivity index (χ3v) is 16.6. The van der Waals surface area contributed by atoms with Gasteiger partial charge in [-0.3, -0.25) is 0 Å². The fourth-order valence-electron chi connectivity index (χ4n) is 10.9. The first-order valence-corrected chi connectivity index (χ1v) is 35.0. The van der Waals surface area contributed by atoms with Gasteiger partial charge < -0.3 is 48.0 Å². The van der Waals surface area contributed by atoms with Crippen LogP contribution < -0.4 is 29.0 Å². The van der Waals surface area contributed by atoms with Crippen molar-refractivity contribution in [3.8, 4) is 45.6 Å². The number of hydrogen-bond donors (Lipinski definition) is 0. The largest absolute Gasteiger partial charge is 0.494 e. The second-order valence-corrected chi connectivity index (χ2v) is 24.2. The number of carbonyl (C=O) groups is 4. The summed E-state index contributed by atoms with van der Waals surface area (Å²) in [6.45, 7) is 9.12. The van der Waals surface area contributed by atoms with Gasteiger partial charge in [0, 0.05) is 23.3 Å². The Kier molecular flexibility index (Phi) is 30.6. The van der Waals surface area contributed by atoms with Crippen molar-refractivity contribution in [3.05, 3.63) is 287 Å². The maximum Gasteiger partial charge on any atom is 0.341 e. The second-order valence-electron chi connectivity index (χ2n) is 24.2. The van der Waals surface area contributed by atoms with Crippen molar-refractivity contribution >= 4 is 70.3 Å². The Balaban J connectivity index is 0.683. The molecule has 10 rings (SSSR count). The van der Waals surface area contributed by atoms with Gasteiger partial charge in [0.1, 0.15) is 49.1 Å². The Labute approximate surface area is 625 Å². The van der Waals surface area contributed by atoms with Crippen LogP contribution in [0.2, 0.25) is 0 Å². The number of rotatable bonds is 43. The van der Waals surface area contributed by atoms with E-state index in [9.17, 15) is 19.2 Å². The molecule has 0 aliphatic heterocycles. The first-order valence-electron chi connectivity index (χ1n) is 35.0. The number of nitrogens with zero attached hydrogens (tertiary/aromatic N) is 4. The van der Waals surface area contributed by atoms with Crippen LogP contribution >= 0.6 is 0 Å². The van der Waals surface area contributed by atoms with Crippen LogP contribution in [-0.4, -0.2) is 89.4 Å². The summed E-state index contributed by atoms with van der Waals surface area (Å²) in [5, 5.41) is 20.7. The van der Waals surface area contributed by atoms with Crippen LogP contribution in [0.5, 0.6) is 34.5 Å². The lowest BCUT2D eigenvalue weighted by Crippen LogP contribution is -2.07. The Morgan fingerprint density at radius 2 is 0.657 bits per heavy atom. The predicted octanol–water partition coefficient (Wildman–Crippen LogP) is 17.5. The third kappa shape index (κ3) is 24.2. The highest BCUT2D eigenvalue weighted by Crippen LogP contribution is 2.46. The van der Waals surface area contributed by atoms with Gasteiger partial charge in [-0.1, -0.05) is 147 Å². The van der Waals surface area contributed by atoms with Gasteiger partial charge in [0.2, 0.25) is 0 Å². The fraction of sp³-hybridized carbons (Fsp3) is 0.209. The minimum atomic E-state index is -0.619. The number of hydrogen-bond acceptors (Lipinski definition) is 22. The summed E-state index contributed by atoms with van der Waals surface area (Å²) in [4.78, 5) is 94.6. The molecule has 0 aliphatic rings. The molecule has 0 saturated heterocycles. The van der Waals surface area contributed by atoms with Gasteiger partial charge in [0.05, 0.1) is 65.5 Å². The van der Waals surface area contributed by atoms with Crippen LogP contribution in [0, 0.1) is 0 Å². The normalized spacial score (nSPS) is 11.3. The molecule has 0 aromatic heterocycles. The summed E-state index contributed by atoms with van der Waals surface area (Å²) < 4.78 is 31.8. The minimum absolute atomic E-state index is 0.105. The molecule has 0 saturated carbocycles. The van der Waals surface area contributed by atoms with Gasteiger partial charge in [-0.05, 0) is 190 Å². The van der Waals surface area contributed by atoms with Gasteiger partial charge in [-0.15, -0.1) is 0 Å². The van der Waals surface area contributed by atoms with Crippen LogP contribution in [-0.2, 0) is 74.5 Å². The van der Waals surface area contributed by atoms with Gasteiger partial charge in [0.25, 0.3) is 0 Å². The monoisotopic (exact) mass is 1460 g/mol. The number of esters is 4. The summed E-state index contributed by atoms with van der Waals surface area (Å²) in [5.74, 6) is 0.664. The molecule has 0 unspecified atom stereocenters. The molecule has 0 amide bonds. The molecule has 10 aromatic rings. The van der Waals surface area contributed by atoms with Crippen molar-refractivity contribution in [1.29, 1.82) is 0 Å². The molecule has 0 aliphatic carbocycles. The summed E-state index contributed by atoms with van der Waals surface area (Å²) >= 11 is 0. The van der Waals surface area contributed by atoms with Crippen LogP contribution in [0.3, 0.4) is 0 Å². The summed E-state index contributed by atoms with van der Waals surface area (Å²) in [5.41, 5.74) is 7.80. The number of unbranched alkanes of at least 4 members (excludes halogenated alkanes) is 6. The van der Waals surface area contributed by atoms with E-state index in [4.69, 9.17) is 67.5 Å². The van der Waals surface area contributed by atoms with Crippen LogP contribution in [0.15, 0.2) is 252 Å². The fourth-order valence-corrected chi connectivity index (χ4v) is 10.9. The van der Waals surface area contributed by atoms with E-state index in [0.29, 0.717) is 49.1 Å². The van der Waals surface area contributed by atoms with E-state index >= 15 is 0 Å². The Morgan fingerprint density at radius 1 is 0.343 bits per heavy atom. The van der Waals surface area contributed by atoms with Crippen molar-refractivity contribution in [2.24, 2.45) is 20.4 Å². The predicted molar refractivity (Wildman–Crippen MR) is 411 cm³/mol. The van der Waals surface area contributed by atoms with Gasteiger partial charge >= 0.3 is 23.9 Å². The zero-order valence-electron chi connectivity index (χ0n) is 60.0. The maximum atomic E-state index is 12.8. The number of ether oxygens (including phenoxy) is 6. The highest BCUT2D eigenvalue weighted by molar-refractivity contribution is 6.10. The van der Waals surface area contributed by atoms with Crippen LogP contribution in [0.4, 0.5) is 0 Å². The smallest absolute Gasteiger partial charge is 0.341 e. The first-order chi connectivity index (χ1) is 53.0. The Morgan fingerprint density at radius 3 is 1.02 bits per heavy atom. The van der Waals surface area contributed by atoms with E-state index in [0.717, 1.165) is 141 Å². The van der Waals surface area contributed by atoms with Gasteiger partial charge in [-0.25, -0.2) is 19.2 Å². The minimum Gasteiger partial charge on any atom is -0.494 e. The average Bonchev–Trinajstić information content (AvgIpc) is 0.753. The molecule has 0 bridgehead atoms. The lowest BCUT2D eigenvalue weighted by molar-refractivity contribution is -0.218. The molecule has 22 heteroatoms. The standard InChI is InChI=1S/C86H82N4O18/c1-5-81(91)99-49-17-9-7-15-47-97-71-39-31-65(32-40-71)59-101-105-77-43-35-67(51-75(77)85(93)95-3)55-89-87-53-61-23-27-63(28-24-61)57-103-107-79-45-37-69-19-11-13-21-73(69)83(79)84-74-22-14-12-20-70(74)38-46-80(84)108-104-58-64-29-25-62(26-30-64)54-88-90-56-68-36-44-78(76(52-68)86(94)96-4)106-102-60-66-33-41-72(42-34-66)98-48-16-8-10-18-50-100-82(92)6-2/h5-6,11-14,19-46,51-56H,1-2,7-10,15-18,47-50,57-60H2,3-4H3/b87-53+,88-54+,89-55+,90-56+. The molecule has 0 heterocycles. The number of carbonyl (C=O) groups excluding carboxylic acids is 4. The highest BCUT2D eigenvalue weighted by Gasteiger charge is 2.22. The van der Waals surface area contributed by atoms with E-state index in [1.165, 1.54) is 26.6 Å². The molecule has 0 radical (unpaired) electrons. The molecule has 0 N–H and O–H groups in total. The SMILES string of the molecule is C=CC(=O)OCCCCCCOc1ccc(COOc2ccc(/C=N/N=C/c3ccc(COOc4ccc5ccccc5c4-c4c(OOCc5ccc(/C=N/N=C/c6ccc(OOCc7ccc(OCCCCCCOC(=O)C=C)cc7)c(C(=O)OC)c6)cc5)ccc5ccccc45)cc3)cc2C(=O)OC)cc1. The van der Waals surface area contributed by atoms with Crippen molar-refractivity contribution in [2.45, 2.75) is 77.8 Å². The summed E-state index contributed by atoms with van der Waals surface area (Å²) in [7, 11) is 2.57. The summed E-state index contributed by atoms with van der Waals surface area (Å²) in [6.07, 6.45) is 15.6. The Hall–Kier alpha value is -12.6. The lowest BCUT2D eigenvalue weighted by atomic mass is 9.92. The molecule has 0 spiro atoms. The topological polar surface area (TPSA) is 247 Å². The molecule has 22 nitrogen and oxygen atoms in total. The van der Waals surface area contributed by atoms with Crippen molar-refractivity contribution in [3.63, 3.8) is 0 Å². The zero-order chi connectivity index (χ0) is 75.3. The van der Waals surface area contributed by atoms with Crippen molar-refractivity contribution < 1.29 is 86.7 Å². The molecular weight excluding hydrogens is 1380 g/mol. The van der Waals surface area contributed by atoms with Crippen LogP contribution in [0.1, 0.15) is 117 Å². The molecule has 108 heavy (non-hydrogen) atoms. The molecular formula is C86H82N4O18. The Bertz CT molecular complexity index is 4450. The molecule has 0 atom stereocenters.